The molecule has 0 atom stereocenters. The maximum absolute atomic E-state index is 12.4. The molecule has 2 aromatic rings. The van der Waals surface area contributed by atoms with Crippen LogP contribution in [0, 0.1) is 6.92 Å². The Morgan fingerprint density at radius 1 is 1.20 bits per heavy atom. The molecule has 1 heterocycles. The molecule has 1 N–H and O–H groups in total. The molecule has 1 amide bonds. The number of nitrogens with zero attached hydrogens (tertiary/aromatic N) is 1. The van der Waals surface area contributed by atoms with Crippen molar-refractivity contribution in [3.8, 4) is 11.5 Å². The first-order chi connectivity index (χ1) is 12.0. The molecule has 2 aromatic carbocycles. The van der Waals surface area contributed by atoms with Gasteiger partial charge in [0, 0.05) is 16.7 Å². The van der Waals surface area contributed by atoms with Crippen molar-refractivity contribution in [3.05, 3.63) is 52.0 Å². The third-order valence-electron chi connectivity index (χ3n) is 4.12. The first kappa shape index (κ1) is 17.8. The number of carbonyl (C=O) groups is 1. The largest absolute Gasteiger partial charge is 0.454 e. The van der Waals surface area contributed by atoms with Crippen LogP contribution in [0.3, 0.4) is 0 Å². The fourth-order valence-electron chi connectivity index (χ4n) is 2.74. The zero-order chi connectivity index (χ0) is 17.8. The first-order valence-electron chi connectivity index (χ1n) is 8.22. The Labute approximate surface area is 156 Å². The summed E-state index contributed by atoms with van der Waals surface area (Å²) in [7, 11) is 0. The van der Waals surface area contributed by atoms with Crippen molar-refractivity contribution >= 4 is 27.5 Å². The van der Waals surface area contributed by atoms with E-state index in [2.05, 4.69) is 26.1 Å². The van der Waals surface area contributed by atoms with Gasteiger partial charge in [0.2, 0.25) is 12.7 Å². The van der Waals surface area contributed by atoms with Crippen molar-refractivity contribution in [1.29, 1.82) is 0 Å². The molecule has 1 aliphatic rings. The van der Waals surface area contributed by atoms with Crippen LogP contribution in [-0.4, -0.2) is 30.7 Å². The van der Waals surface area contributed by atoms with E-state index in [1.165, 1.54) is 0 Å². The lowest BCUT2D eigenvalue weighted by Gasteiger charge is -2.20. The minimum atomic E-state index is -0.0204. The van der Waals surface area contributed by atoms with Crippen molar-refractivity contribution in [2.24, 2.45) is 0 Å². The quantitative estimate of drug-likeness (QED) is 0.791. The minimum absolute atomic E-state index is 0.0204. The summed E-state index contributed by atoms with van der Waals surface area (Å²) >= 11 is 3.43. The van der Waals surface area contributed by atoms with Gasteiger partial charge in [-0.1, -0.05) is 28.9 Å². The third-order valence-corrected chi connectivity index (χ3v) is 4.61. The van der Waals surface area contributed by atoms with E-state index >= 15 is 0 Å². The van der Waals surface area contributed by atoms with Crippen molar-refractivity contribution in [1.82, 2.24) is 4.90 Å². The SMILES string of the molecule is CCN(CC(=O)Nc1ccc(Br)cc1C)Cc1ccc2c(c1)OCO2. The van der Waals surface area contributed by atoms with Crippen LogP contribution in [0.4, 0.5) is 5.69 Å². The van der Waals surface area contributed by atoms with Crippen LogP contribution in [0.15, 0.2) is 40.9 Å². The molecule has 0 spiro atoms. The van der Waals surface area contributed by atoms with E-state index in [1.807, 2.05) is 50.2 Å². The molecule has 0 fully saturated rings. The number of hydrogen-bond acceptors (Lipinski definition) is 4. The highest BCUT2D eigenvalue weighted by molar-refractivity contribution is 9.10. The predicted molar refractivity (Wildman–Crippen MR) is 101 cm³/mol. The molecule has 25 heavy (non-hydrogen) atoms. The maximum Gasteiger partial charge on any atom is 0.238 e. The predicted octanol–water partition coefficient (Wildman–Crippen LogP) is 3.95. The fourth-order valence-corrected chi connectivity index (χ4v) is 3.21. The average Bonchev–Trinajstić information content (AvgIpc) is 3.04. The first-order valence-corrected chi connectivity index (χ1v) is 9.01. The number of rotatable bonds is 6. The van der Waals surface area contributed by atoms with Crippen LogP contribution in [0.5, 0.6) is 11.5 Å². The van der Waals surface area contributed by atoms with Gasteiger partial charge in [-0.15, -0.1) is 0 Å². The Morgan fingerprint density at radius 3 is 2.76 bits per heavy atom. The number of anilines is 1. The zero-order valence-electron chi connectivity index (χ0n) is 14.3. The Hall–Kier alpha value is -2.05. The van der Waals surface area contributed by atoms with E-state index < -0.39 is 0 Å². The lowest BCUT2D eigenvalue weighted by Crippen LogP contribution is -2.32. The van der Waals surface area contributed by atoms with Gasteiger partial charge in [-0.2, -0.15) is 0 Å². The normalized spacial score (nSPS) is 12.5. The number of nitrogens with one attached hydrogen (secondary N) is 1. The lowest BCUT2D eigenvalue weighted by atomic mass is 10.2. The van der Waals surface area contributed by atoms with Gasteiger partial charge in [-0.3, -0.25) is 9.69 Å². The Morgan fingerprint density at radius 2 is 2.00 bits per heavy atom. The van der Waals surface area contributed by atoms with Crippen molar-refractivity contribution in [2.45, 2.75) is 20.4 Å². The Balaban J connectivity index is 1.60. The van der Waals surface area contributed by atoms with E-state index in [4.69, 9.17) is 9.47 Å². The minimum Gasteiger partial charge on any atom is -0.454 e. The topological polar surface area (TPSA) is 50.8 Å². The molecule has 0 unspecified atom stereocenters. The second kappa shape index (κ2) is 7.89. The molecular weight excluding hydrogens is 384 g/mol. The van der Waals surface area contributed by atoms with E-state index in [0.29, 0.717) is 13.1 Å². The number of amides is 1. The van der Waals surface area contributed by atoms with Gasteiger partial charge in [-0.25, -0.2) is 0 Å². The number of ether oxygens (including phenoxy) is 2. The smallest absolute Gasteiger partial charge is 0.238 e. The maximum atomic E-state index is 12.4. The van der Waals surface area contributed by atoms with Crippen LogP contribution >= 0.6 is 15.9 Å². The number of likely N-dealkylation sites (N-methyl/N-ethyl adjacent to an activating group) is 1. The van der Waals surface area contributed by atoms with Crippen molar-refractivity contribution in [2.75, 3.05) is 25.2 Å². The van der Waals surface area contributed by atoms with Crippen LogP contribution in [0.2, 0.25) is 0 Å². The molecule has 3 rings (SSSR count). The second-order valence-electron chi connectivity index (χ2n) is 6.00. The summed E-state index contributed by atoms with van der Waals surface area (Å²) in [4.78, 5) is 14.5. The van der Waals surface area contributed by atoms with E-state index in [-0.39, 0.29) is 12.7 Å². The summed E-state index contributed by atoms with van der Waals surface area (Å²) in [5, 5.41) is 2.98. The highest BCUT2D eigenvalue weighted by Crippen LogP contribution is 2.32. The number of carbonyl (C=O) groups excluding carboxylic acids is 1. The number of hydrogen-bond donors (Lipinski definition) is 1. The van der Waals surface area contributed by atoms with Gasteiger partial charge < -0.3 is 14.8 Å². The van der Waals surface area contributed by atoms with Gasteiger partial charge in [0.1, 0.15) is 0 Å². The van der Waals surface area contributed by atoms with Gasteiger partial charge in [0.25, 0.3) is 0 Å². The van der Waals surface area contributed by atoms with E-state index in [0.717, 1.165) is 39.3 Å². The van der Waals surface area contributed by atoms with Gasteiger partial charge in [-0.05, 0) is 54.9 Å². The summed E-state index contributed by atoms with van der Waals surface area (Å²) in [6.07, 6.45) is 0. The third kappa shape index (κ3) is 4.52. The van der Waals surface area contributed by atoms with Crippen molar-refractivity contribution < 1.29 is 14.3 Å². The molecule has 1 aliphatic heterocycles. The van der Waals surface area contributed by atoms with Crippen LogP contribution in [-0.2, 0) is 11.3 Å². The Kier molecular flexibility index (Phi) is 5.60. The van der Waals surface area contributed by atoms with Crippen LogP contribution in [0.25, 0.3) is 0 Å². The highest BCUT2D eigenvalue weighted by Gasteiger charge is 2.16. The molecule has 5 nitrogen and oxygen atoms in total. The lowest BCUT2D eigenvalue weighted by molar-refractivity contribution is -0.117. The fraction of sp³-hybridized carbons (Fsp3) is 0.316. The molecule has 0 aromatic heterocycles. The van der Waals surface area contributed by atoms with E-state index in [1.54, 1.807) is 0 Å². The van der Waals surface area contributed by atoms with Crippen molar-refractivity contribution in [3.63, 3.8) is 0 Å². The Bertz CT molecular complexity index is 779. The summed E-state index contributed by atoms with van der Waals surface area (Å²) in [6.45, 7) is 6.09. The monoisotopic (exact) mass is 404 g/mol. The number of fused-ring (bicyclic) bond motifs is 1. The van der Waals surface area contributed by atoms with Gasteiger partial charge in [0.15, 0.2) is 11.5 Å². The standard InChI is InChI=1S/C19H21BrN2O3/c1-3-22(10-14-4-7-17-18(9-14)25-12-24-17)11-19(23)21-16-6-5-15(20)8-13(16)2/h4-9H,3,10-12H2,1-2H3,(H,21,23). The molecular formula is C19H21BrN2O3. The second-order valence-corrected chi connectivity index (χ2v) is 6.91. The summed E-state index contributed by atoms with van der Waals surface area (Å²) in [5.74, 6) is 1.52. The molecule has 0 saturated heterocycles. The molecule has 0 saturated carbocycles. The van der Waals surface area contributed by atoms with Gasteiger partial charge >= 0.3 is 0 Å². The summed E-state index contributed by atoms with van der Waals surface area (Å²) < 4.78 is 11.7. The summed E-state index contributed by atoms with van der Waals surface area (Å²) in [5.41, 5.74) is 2.97. The molecule has 132 valence electrons. The van der Waals surface area contributed by atoms with Crippen LogP contribution < -0.4 is 14.8 Å². The molecule has 0 radical (unpaired) electrons. The average molecular weight is 405 g/mol. The molecule has 0 bridgehead atoms. The number of benzene rings is 2. The van der Waals surface area contributed by atoms with E-state index in [9.17, 15) is 4.79 Å². The number of halogens is 1. The highest BCUT2D eigenvalue weighted by atomic mass is 79.9. The van der Waals surface area contributed by atoms with Crippen LogP contribution in [0.1, 0.15) is 18.1 Å². The summed E-state index contributed by atoms with van der Waals surface area (Å²) in [6, 6.07) is 11.7. The van der Waals surface area contributed by atoms with Gasteiger partial charge in [0.05, 0.1) is 6.54 Å². The number of aryl methyl sites for hydroxylation is 1. The molecule has 6 heteroatoms. The zero-order valence-corrected chi connectivity index (χ0v) is 15.9. The molecule has 0 aliphatic carbocycles.